The number of rotatable bonds is 2. The van der Waals surface area contributed by atoms with E-state index in [9.17, 15) is 0 Å². The Balaban J connectivity index is 1.13. The normalized spacial score (nSPS) is 17.0. The predicted molar refractivity (Wildman–Crippen MR) is 178 cm³/mol. The zero-order valence-corrected chi connectivity index (χ0v) is 23.2. The summed E-state index contributed by atoms with van der Waals surface area (Å²) in [6.45, 7) is 0. The minimum atomic E-state index is 0.333. The van der Waals surface area contributed by atoms with Crippen molar-refractivity contribution in [1.82, 2.24) is 9.55 Å². The SMILES string of the molecule is C1=CCCC(n2c3ccccc3c3cc(C4C=Cc5[nH]c6cc7c8c(cccc8c6c5C4)-c4ccccc4-7)ccc32)=C1. The second-order valence-corrected chi connectivity index (χ2v) is 12.1. The standard InChI is InChI=1S/C40H28N2/c1-2-9-26(10-3-1)42-37-16-7-6-13-29(37)32-21-25(18-20-38(32)42)24-17-19-35-34(22-24)40-31-15-8-14-30-27-11-4-5-12-28(27)33(39(30)31)23-36(40)41-35/h1-2,4-9,11-21,23-24,41H,3,10,22H2. The summed E-state index contributed by atoms with van der Waals surface area (Å²) in [5, 5.41) is 6.85. The Kier molecular flexibility index (Phi) is 4.43. The van der Waals surface area contributed by atoms with Gasteiger partial charge in [0.1, 0.15) is 0 Å². The number of nitrogens with zero attached hydrogens (tertiary/aromatic N) is 1. The maximum Gasteiger partial charge on any atom is 0.0538 e. The fourth-order valence-electron chi connectivity index (χ4n) is 8.04. The van der Waals surface area contributed by atoms with Crippen LogP contribution < -0.4 is 0 Å². The summed E-state index contributed by atoms with van der Waals surface area (Å²) in [4.78, 5) is 3.80. The van der Waals surface area contributed by atoms with Crippen LogP contribution in [0.2, 0.25) is 0 Å². The number of allylic oxidation sites excluding steroid dienone is 5. The first-order valence-electron chi connectivity index (χ1n) is 15.1. The smallest absolute Gasteiger partial charge is 0.0538 e. The van der Waals surface area contributed by atoms with Gasteiger partial charge in [0.2, 0.25) is 0 Å². The monoisotopic (exact) mass is 536 g/mol. The second-order valence-electron chi connectivity index (χ2n) is 12.1. The molecule has 198 valence electrons. The van der Waals surface area contributed by atoms with Crippen molar-refractivity contribution >= 4 is 55.3 Å². The van der Waals surface area contributed by atoms with Crippen molar-refractivity contribution in [2.45, 2.75) is 25.2 Å². The molecule has 0 fully saturated rings. The molecule has 3 aliphatic rings. The number of benzene rings is 5. The van der Waals surface area contributed by atoms with Crippen LogP contribution in [0.25, 0.3) is 77.5 Å². The lowest BCUT2D eigenvalue weighted by molar-refractivity contribution is 0.833. The Morgan fingerprint density at radius 1 is 0.690 bits per heavy atom. The summed E-state index contributed by atoms with van der Waals surface area (Å²) < 4.78 is 2.48. The molecular formula is C40H28N2. The lowest BCUT2D eigenvalue weighted by Crippen LogP contribution is -2.05. The number of aromatic nitrogens is 2. The number of nitrogens with one attached hydrogen (secondary N) is 1. The van der Waals surface area contributed by atoms with Gasteiger partial charge in [-0.1, -0.05) is 85.0 Å². The highest BCUT2D eigenvalue weighted by atomic mass is 15.0. The maximum absolute atomic E-state index is 3.80. The van der Waals surface area contributed by atoms with Crippen LogP contribution >= 0.6 is 0 Å². The molecule has 2 aromatic heterocycles. The summed E-state index contributed by atoms with van der Waals surface area (Å²) in [5.74, 6) is 0.333. The molecule has 10 rings (SSSR count). The summed E-state index contributed by atoms with van der Waals surface area (Å²) in [7, 11) is 0. The molecule has 2 nitrogen and oxygen atoms in total. The van der Waals surface area contributed by atoms with Gasteiger partial charge < -0.3 is 9.55 Å². The third kappa shape index (κ3) is 2.94. The van der Waals surface area contributed by atoms with Gasteiger partial charge in [0.05, 0.1) is 11.0 Å². The van der Waals surface area contributed by atoms with Gasteiger partial charge >= 0.3 is 0 Å². The number of H-pyrrole nitrogens is 1. The molecule has 42 heavy (non-hydrogen) atoms. The molecule has 0 aliphatic heterocycles. The zero-order valence-electron chi connectivity index (χ0n) is 23.2. The first kappa shape index (κ1) is 22.6. The molecule has 1 unspecified atom stereocenters. The van der Waals surface area contributed by atoms with Crippen molar-refractivity contribution in [3.05, 3.63) is 132 Å². The van der Waals surface area contributed by atoms with E-state index in [1.807, 2.05) is 0 Å². The van der Waals surface area contributed by atoms with Crippen LogP contribution in [-0.4, -0.2) is 9.55 Å². The number of hydrogen-bond donors (Lipinski definition) is 1. The predicted octanol–water partition coefficient (Wildman–Crippen LogP) is 10.6. The third-order valence-electron chi connectivity index (χ3n) is 9.89. The van der Waals surface area contributed by atoms with Gasteiger partial charge in [-0.3, -0.25) is 0 Å². The second kappa shape index (κ2) is 8.24. The van der Waals surface area contributed by atoms with Crippen molar-refractivity contribution in [2.24, 2.45) is 0 Å². The third-order valence-corrected chi connectivity index (χ3v) is 9.89. The molecule has 0 amide bonds. The summed E-state index contributed by atoms with van der Waals surface area (Å²) in [6.07, 6.45) is 14.6. The van der Waals surface area contributed by atoms with E-state index >= 15 is 0 Å². The molecule has 0 saturated heterocycles. The van der Waals surface area contributed by atoms with Crippen molar-refractivity contribution in [2.75, 3.05) is 0 Å². The molecule has 0 radical (unpaired) electrons. The largest absolute Gasteiger partial charge is 0.355 e. The first-order chi connectivity index (χ1) is 20.8. The minimum Gasteiger partial charge on any atom is -0.355 e. The summed E-state index contributed by atoms with van der Waals surface area (Å²) >= 11 is 0. The topological polar surface area (TPSA) is 20.7 Å². The number of fused-ring (bicyclic) bond motifs is 10. The van der Waals surface area contributed by atoms with E-state index in [0.29, 0.717) is 5.92 Å². The molecule has 7 aromatic rings. The number of aromatic amines is 1. The van der Waals surface area contributed by atoms with Crippen LogP contribution in [-0.2, 0) is 6.42 Å². The van der Waals surface area contributed by atoms with E-state index in [2.05, 4.69) is 131 Å². The van der Waals surface area contributed by atoms with Gasteiger partial charge in [-0.2, -0.15) is 0 Å². The van der Waals surface area contributed by atoms with E-state index < -0.39 is 0 Å². The molecule has 3 aliphatic carbocycles. The molecule has 0 spiro atoms. The van der Waals surface area contributed by atoms with E-state index in [0.717, 1.165) is 19.3 Å². The highest BCUT2D eigenvalue weighted by Gasteiger charge is 2.27. The lowest BCUT2D eigenvalue weighted by Gasteiger charge is -2.19. The molecule has 1 N–H and O–H groups in total. The van der Waals surface area contributed by atoms with E-state index in [-0.39, 0.29) is 0 Å². The van der Waals surface area contributed by atoms with Gasteiger partial charge in [-0.25, -0.2) is 0 Å². The number of hydrogen-bond acceptors (Lipinski definition) is 0. The van der Waals surface area contributed by atoms with Crippen LogP contribution in [0.3, 0.4) is 0 Å². The van der Waals surface area contributed by atoms with Gasteiger partial charge in [-0.15, -0.1) is 0 Å². The molecule has 0 saturated carbocycles. The highest BCUT2D eigenvalue weighted by molar-refractivity contribution is 6.24. The van der Waals surface area contributed by atoms with Gasteiger partial charge in [-0.05, 0) is 99.8 Å². The molecular weight excluding hydrogens is 508 g/mol. The molecule has 0 bridgehead atoms. The highest BCUT2D eigenvalue weighted by Crippen LogP contribution is 2.50. The van der Waals surface area contributed by atoms with Crippen LogP contribution in [0, 0.1) is 0 Å². The van der Waals surface area contributed by atoms with Crippen molar-refractivity contribution in [1.29, 1.82) is 0 Å². The van der Waals surface area contributed by atoms with Gasteiger partial charge in [0.25, 0.3) is 0 Å². The lowest BCUT2D eigenvalue weighted by atomic mass is 9.85. The Morgan fingerprint density at radius 3 is 2.40 bits per heavy atom. The summed E-state index contributed by atoms with van der Waals surface area (Å²) in [5.41, 5.74) is 14.7. The molecule has 2 heterocycles. The minimum absolute atomic E-state index is 0.333. The van der Waals surface area contributed by atoms with Crippen molar-refractivity contribution in [3.63, 3.8) is 0 Å². The molecule has 1 atom stereocenters. The maximum atomic E-state index is 3.80. The van der Waals surface area contributed by atoms with Crippen molar-refractivity contribution < 1.29 is 0 Å². The van der Waals surface area contributed by atoms with E-state index in [1.165, 1.54) is 88.3 Å². The Labute approximate surface area is 243 Å². The van der Waals surface area contributed by atoms with Crippen molar-refractivity contribution in [3.8, 4) is 22.3 Å². The fraction of sp³-hybridized carbons (Fsp3) is 0.100. The molecule has 2 heteroatoms. The molecule has 5 aromatic carbocycles. The van der Waals surface area contributed by atoms with E-state index in [4.69, 9.17) is 0 Å². The van der Waals surface area contributed by atoms with Gasteiger partial charge in [0, 0.05) is 39.0 Å². The average molecular weight is 537 g/mol. The fourth-order valence-corrected chi connectivity index (χ4v) is 8.04. The van der Waals surface area contributed by atoms with Crippen LogP contribution in [0.1, 0.15) is 35.6 Å². The van der Waals surface area contributed by atoms with E-state index in [1.54, 1.807) is 0 Å². The summed E-state index contributed by atoms with van der Waals surface area (Å²) in [6, 6.07) is 34.2. The number of para-hydroxylation sites is 1. The van der Waals surface area contributed by atoms with Crippen LogP contribution in [0.4, 0.5) is 0 Å². The first-order valence-corrected chi connectivity index (χ1v) is 15.1. The van der Waals surface area contributed by atoms with Gasteiger partial charge in [0.15, 0.2) is 0 Å². The zero-order chi connectivity index (χ0) is 27.4. The Morgan fingerprint density at radius 2 is 1.50 bits per heavy atom. The van der Waals surface area contributed by atoms with Crippen LogP contribution in [0.5, 0.6) is 0 Å². The Hall–Kier alpha value is -5.08. The average Bonchev–Trinajstić information content (AvgIpc) is 3.70. The Bertz CT molecular complexity index is 2390. The van der Waals surface area contributed by atoms with Crippen LogP contribution in [0.15, 0.2) is 115 Å². The quantitative estimate of drug-likeness (QED) is 0.227.